The number of amides is 1. The van der Waals surface area contributed by atoms with Crippen molar-refractivity contribution >= 4 is 12.0 Å². The largest absolute Gasteiger partial charge is 0.348 e. The fourth-order valence-corrected chi connectivity index (χ4v) is 1.68. The lowest BCUT2D eigenvalue weighted by atomic mass is 10.1. The summed E-state index contributed by atoms with van der Waals surface area (Å²) in [6.07, 6.45) is 4.23. The van der Waals surface area contributed by atoms with Crippen molar-refractivity contribution in [1.29, 1.82) is 0 Å². The monoisotopic (exact) mass is 328 g/mol. The molecular weight excluding hydrogens is 319 g/mol. The lowest BCUT2D eigenvalue weighted by molar-refractivity contribution is -0.116. The summed E-state index contributed by atoms with van der Waals surface area (Å²) in [6.45, 7) is 0.0914. The summed E-state index contributed by atoms with van der Waals surface area (Å²) < 4.78 is 65.6. The van der Waals surface area contributed by atoms with E-state index in [1.165, 1.54) is 12.4 Å². The lowest BCUT2D eigenvalue weighted by Crippen LogP contribution is -2.20. The number of carbonyl (C=O) groups excluding carboxylic acids is 1. The Kier molecular flexibility index (Phi) is 5.05. The number of aromatic nitrogens is 1. The van der Waals surface area contributed by atoms with Crippen molar-refractivity contribution in [3.8, 4) is 0 Å². The first-order valence-corrected chi connectivity index (χ1v) is 6.28. The van der Waals surface area contributed by atoms with Crippen molar-refractivity contribution in [1.82, 2.24) is 10.3 Å². The quantitative estimate of drug-likeness (QED) is 0.406. The van der Waals surface area contributed by atoms with Gasteiger partial charge in [-0.25, -0.2) is 22.0 Å². The van der Waals surface area contributed by atoms with Crippen molar-refractivity contribution in [3.63, 3.8) is 0 Å². The molecule has 1 aromatic carbocycles. The van der Waals surface area contributed by atoms with E-state index in [0.717, 1.165) is 0 Å². The summed E-state index contributed by atoms with van der Waals surface area (Å²) >= 11 is 0. The first-order valence-electron chi connectivity index (χ1n) is 6.28. The minimum absolute atomic E-state index is 0.0914. The van der Waals surface area contributed by atoms with Crippen LogP contribution in [0.4, 0.5) is 22.0 Å². The second kappa shape index (κ2) is 6.99. The van der Waals surface area contributed by atoms with Crippen molar-refractivity contribution in [3.05, 3.63) is 70.8 Å². The predicted octanol–water partition coefficient (Wildman–Crippen LogP) is 3.11. The minimum atomic E-state index is -2.25. The molecule has 2 rings (SSSR count). The van der Waals surface area contributed by atoms with Crippen molar-refractivity contribution < 1.29 is 26.7 Å². The average Bonchev–Trinajstić information content (AvgIpc) is 2.57. The number of hydrogen-bond donors (Lipinski definition) is 1. The van der Waals surface area contributed by atoms with E-state index in [1.807, 2.05) is 0 Å². The maximum Gasteiger partial charge on any atom is 0.244 e. The number of hydrogen-bond acceptors (Lipinski definition) is 2. The first-order chi connectivity index (χ1) is 10.9. The highest BCUT2D eigenvalue weighted by Crippen LogP contribution is 2.23. The van der Waals surface area contributed by atoms with Crippen LogP contribution in [0.25, 0.3) is 6.08 Å². The van der Waals surface area contributed by atoms with E-state index in [0.29, 0.717) is 17.7 Å². The van der Waals surface area contributed by atoms with E-state index < -0.39 is 40.6 Å². The third kappa shape index (κ3) is 3.71. The van der Waals surface area contributed by atoms with Gasteiger partial charge in [0.2, 0.25) is 11.7 Å². The molecule has 120 valence electrons. The second-order valence-corrected chi connectivity index (χ2v) is 4.40. The normalized spacial score (nSPS) is 11.0. The van der Waals surface area contributed by atoms with Gasteiger partial charge in [-0.15, -0.1) is 0 Å². The minimum Gasteiger partial charge on any atom is -0.348 e. The van der Waals surface area contributed by atoms with Crippen LogP contribution >= 0.6 is 0 Å². The summed E-state index contributed by atoms with van der Waals surface area (Å²) in [4.78, 5) is 15.3. The maximum atomic E-state index is 13.4. The SMILES string of the molecule is O=C(/C=C/c1c(F)c(F)c(F)c(F)c1F)NCc1cccnc1. The molecule has 0 bridgehead atoms. The fraction of sp³-hybridized carbons (Fsp3) is 0.0667. The number of nitrogens with one attached hydrogen (secondary N) is 1. The average molecular weight is 328 g/mol. The van der Waals surface area contributed by atoms with Crippen molar-refractivity contribution in [2.45, 2.75) is 6.54 Å². The predicted molar refractivity (Wildman–Crippen MR) is 71.3 cm³/mol. The van der Waals surface area contributed by atoms with E-state index in [1.54, 1.807) is 12.1 Å². The van der Waals surface area contributed by atoms with Gasteiger partial charge in [0.15, 0.2) is 23.3 Å². The molecule has 0 aliphatic heterocycles. The smallest absolute Gasteiger partial charge is 0.244 e. The van der Waals surface area contributed by atoms with Crippen LogP contribution in [-0.4, -0.2) is 10.9 Å². The molecular formula is C15H9F5N2O. The molecule has 1 heterocycles. The molecule has 0 aliphatic carbocycles. The summed E-state index contributed by atoms with van der Waals surface area (Å²) in [5.74, 6) is -11.2. The first kappa shape index (κ1) is 16.6. The highest BCUT2D eigenvalue weighted by atomic mass is 19.2. The van der Waals surface area contributed by atoms with Crippen LogP contribution in [-0.2, 0) is 11.3 Å². The maximum absolute atomic E-state index is 13.4. The molecule has 0 radical (unpaired) electrons. The van der Waals surface area contributed by atoms with Crippen molar-refractivity contribution in [2.24, 2.45) is 0 Å². The summed E-state index contributed by atoms with van der Waals surface area (Å²) in [7, 11) is 0. The summed E-state index contributed by atoms with van der Waals surface area (Å²) in [5.41, 5.74) is -0.511. The number of benzene rings is 1. The van der Waals surface area contributed by atoms with E-state index in [9.17, 15) is 26.7 Å². The Hall–Kier alpha value is -2.77. The van der Waals surface area contributed by atoms with E-state index in [2.05, 4.69) is 10.3 Å². The second-order valence-electron chi connectivity index (χ2n) is 4.40. The van der Waals surface area contributed by atoms with Crippen LogP contribution in [0.2, 0.25) is 0 Å². The van der Waals surface area contributed by atoms with Gasteiger partial charge in [0.25, 0.3) is 0 Å². The molecule has 1 N–H and O–H groups in total. The molecule has 0 spiro atoms. The molecule has 1 aromatic heterocycles. The Bertz CT molecular complexity index is 733. The van der Waals surface area contributed by atoms with Gasteiger partial charge in [-0.1, -0.05) is 6.07 Å². The Balaban J connectivity index is 2.13. The number of carbonyl (C=O) groups is 1. The molecule has 3 nitrogen and oxygen atoms in total. The zero-order valence-corrected chi connectivity index (χ0v) is 11.4. The van der Waals surface area contributed by atoms with Crippen LogP contribution in [0.1, 0.15) is 11.1 Å². The van der Waals surface area contributed by atoms with Gasteiger partial charge in [-0.2, -0.15) is 0 Å². The van der Waals surface area contributed by atoms with Crippen LogP contribution in [0.3, 0.4) is 0 Å². The van der Waals surface area contributed by atoms with Gasteiger partial charge < -0.3 is 5.32 Å². The highest BCUT2D eigenvalue weighted by molar-refractivity contribution is 5.91. The van der Waals surface area contributed by atoms with E-state index >= 15 is 0 Å². The van der Waals surface area contributed by atoms with E-state index in [4.69, 9.17) is 0 Å². The Morgan fingerprint density at radius 2 is 1.65 bits per heavy atom. The Morgan fingerprint density at radius 1 is 1.04 bits per heavy atom. The van der Waals surface area contributed by atoms with Gasteiger partial charge in [-0.05, 0) is 17.7 Å². The lowest BCUT2D eigenvalue weighted by Gasteiger charge is -2.04. The van der Waals surface area contributed by atoms with Crippen LogP contribution < -0.4 is 5.32 Å². The zero-order valence-electron chi connectivity index (χ0n) is 11.4. The number of nitrogens with zero attached hydrogens (tertiary/aromatic N) is 1. The standard InChI is InChI=1S/C15H9F5N2O/c16-11-9(12(17)14(19)15(20)13(11)18)3-4-10(23)22-7-8-2-1-5-21-6-8/h1-6H,7H2,(H,22,23)/b4-3+. The third-order valence-corrected chi connectivity index (χ3v) is 2.83. The number of halogens is 5. The molecule has 0 fully saturated rings. The van der Waals surface area contributed by atoms with Gasteiger partial charge in [0, 0.05) is 25.0 Å². The number of pyridine rings is 1. The van der Waals surface area contributed by atoms with Crippen LogP contribution in [0, 0.1) is 29.1 Å². The summed E-state index contributed by atoms with van der Waals surface area (Å²) in [5, 5.41) is 2.38. The fourth-order valence-electron chi connectivity index (χ4n) is 1.68. The molecule has 1 amide bonds. The zero-order chi connectivity index (χ0) is 17.0. The molecule has 0 atom stereocenters. The Labute approximate surface area is 127 Å². The summed E-state index contributed by atoms with van der Waals surface area (Å²) in [6, 6.07) is 3.33. The van der Waals surface area contributed by atoms with Gasteiger partial charge in [-0.3, -0.25) is 9.78 Å². The molecule has 0 saturated carbocycles. The van der Waals surface area contributed by atoms with Gasteiger partial charge in [0.1, 0.15) is 0 Å². The molecule has 23 heavy (non-hydrogen) atoms. The highest BCUT2D eigenvalue weighted by Gasteiger charge is 2.24. The topological polar surface area (TPSA) is 42.0 Å². The molecule has 0 saturated heterocycles. The molecule has 8 heteroatoms. The van der Waals surface area contributed by atoms with Gasteiger partial charge >= 0.3 is 0 Å². The molecule has 2 aromatic rings. The molecule has 0 aliphatic rings. The van der Waals surface area contributed by atoms with E-state index in [-0.39, 0.29) is 6.54 Å². The van der Waals surface area contributed by atoms with Crippen molar-refractivity contribution in [2.75, 3.05) is 0 Å². The number of rotatable bonds is 4. The molecule has 0 unspecified atom stereocenters. The van der Waals surface area contributed by atoms with Gasteiger partial charge in [0.05, 0.1) is 5.56 Å². The third-order valence-electron chi connectivity index (χ3n) is 2.83. The van der Waals surface area contributed by atoms with Crippen LogP contribution in [0.15, 0.2) is 30.6 Å². The Morgan fingerprint density at radius 3 is 2.22 bits per heavy atom. The van der Waals surface area contributed by atoms with Crippen LogP contribution in [0.5, 0.6) is 0 Å².